The molecule has 1 atom stereocenters. The van der Waals surface area contributed by atoms with Crippen LogP contribution < -0.4 is 10.5 Å². The van der Waals surface area contributed by atoms with Gasteiger partial charge in [0.05, 0.1) is 10.7 Å². The van der Waals surface area contributed by atoms with E-state index in [0.29, 0.717) is 23.1 Å². The predicted octanol–water partition coefficient (Wildman–Crippen LogP) is 2.46. The fourth-order valence-corrected chi connectivity index (χ4v) is 4.21. The fraction of sp³-hybridized carbons (Fsp3) is 0.500. The highest BCUT2D eigenvalue weighted by molar-refractivity contribution is 7.90. The van der Waals surface area contributed by atoms with Crippen LogP contribution in [0.4, 0.5) is 5.69 Å². The van der Waals surface area contributed by atoms with Crippen LogP contribution in [-0.2, 0) is 10.2 Å². The molecule has 0 aliphatic carbocycles. The summed E-state index contributed by atoms with van der Waals surface area (Å²) in [6.45, 7) is 0.777. The van der Waals surface area contributed by atoms with Gasteiger partial charge < -0.3 is 5.73 Å². The number of anilines is 1. The van der Waals surface area contributed by atoms with Crippen molar-refractivity contribution in [2.75, 3.05) is 17.8 Å². The summed E-state index contributed by atoms with van der Waals surface area (Å²) >= 11 is 11.8. The second-order valence-corrected chi connectivity index (χ2v) is 7.19. The Morgan fingerprint density at radius 3 is 2.80 bits per heavy atom. The molecule has 20 heavy (non-hydrogen) atoms. The van der Waals surface area contributed by atoms with Gasteiger partial charge in [0, 0.05) is 24.2 Å². The highest BCUT2D eigenvalue weighted by Gasteiger charge is 2.31. The van der Waals surface area contributed by atoms with Gasteiger partial charge in [-0.2, -0.15) is 12.7 Å². The van der Waals surface area contributed by atoms with E-state index in [1.807, 2.05) is 0 Å². The van der Waals surface area contributed by atoms with Crippen molar-refractivity contribution in [2.45, 2.75) is 25.3 Å². The van der Waals surface area contributed by atoms with Crippen LogP contribution in [0.1, 0.15) is 19.3 Å². The lowest BCUT2D eigenvalue weighted by molar-refractivity contribution is 0.259. The molecule has 1 unspecified atom stereocenters. The quantitative estimate of drug-likeness (QED) is 0.885. The molecule has 112 valence electrons. The van der Waals surface area contributed by atoms with Gasteiger partial charge in [-0.3, -0.25) is 4.72 Å². The lowest BCUT2D eigenvalue weighted by atomic mass is 10.1. The number of hydrogen-bond acceptors (Lipinski definition) is 3. The van der Waals surface area contributed by atoms with Gasteiger partial charge in [0.1, 0.15) is 0 Å². The summed E-state index contributed by atoms with van der Waals surface area (Å²) in [5.74, 6) is 0. The number of nitrogens with two attached hydrogens (primary N) is 1. The lowest BCUT2D eigenvalue weighted by Crippen LogP contribution is -2.49. The zero-order chi connectivity index (χ0) is 14.8. The first-order valence-electron chi connectivity index (χ1n) is 6.39. The Balaban J connectivity index is 2.24. The van der Waals surface area contributed by atoms with Gasteiger partial charge in [0.25, 0.3) is 0 Å². The SMILES string of the molecule is NCC1CCCCN1S(=O)(=O)Nc1cc(Cl)ccc1Cl. The van der Waals surface area contributed by atoms with Gasteiger partial charge in [-0.05, 0) is 31.0 Å². The largest absolute Gasteiger partial charge is 0.329 e. The van der Waals surface area contributed by atoms with E-state index in [-0.39, 0.29) is 11.7 Å². The third-order valence-corrected chi connectivity index (χ3v) is 5.46. The van der Waals surface area contributed by atoms with Crippen LogP contribution in [-0.4, -0.2) is 31.9 Å². The average molecular weight is 338 g/mol. The van der Waals surface area contributed by atoms with Crippen LogP contribution in [0, 0.1) is 0 Å². The minimum atomic E-state index is -3.68. The second kappa shape index (κ2) is 6.49. The molecule has 0 radical (unpaired) electrons. The molecule has 1 aromatic carbocycles. The van der Waals surface area contributed by atoms with E-state index in [1.165, 1.54) is 10.4 Å². The number of hydrogen-bond donors (Lipinski definition) is 2. The van der Waals surface area contributed by atoms with E-state index in [0.717, 1.165) is 19.3 Å². The van der Waals surface area contributed by atoms with Crippen LogP contribution in [0.2, 0.25) is 10.0 Å². The van der Waals surface area contributed by atoms with Gasteiger partial charge in [-0.1, -0.05) is 29.6 Å². The fourth-order valence-electron chi connectivity index (χ4n) is 2.30. The normalized spacial score (nSPS) is 20.9. The van der Waals surface area contributed by atoms with Crippen LogP contribution in [0.5, 0.6) is 0 Å². The number of rotatable bonds is 4. The summed E-state index contributed by atoms with van der Waals surface area (Å²) in [4.78, 5) is 0. The molecule has 2 rings (SSSR count). The predicted molar refractivity (Wildman–Crippen MR) is 82.4 cm³/mol. The number of nitrogens with one attached hydrogen (secondary N) is 1. The first kappa shape index (κ1) is 15.9. The summed E-state index contributed by atoms with van der Waals surface area (Å²) < 4.78 is 28.8. The second-order valence-electron chi connectivity index (χ2n) is 4.73. The lowest BCUT2D eigenvalue weighted by Gasteiger charge is -2.33. The van der Waals surface area contributed by atoms with Crippen molar-refractivity contribution >= 4 is 39.1 Å². The maximum absolute atomic E-state index is 12.4. The monoisotopic (exact) mass is 337 g/mol. The Morgan fingerprint density at radius 1 is 1.35 bits per heavy atom. The van der Waals surface area contributed by atoms with Crippen molar-refractivity contribution in [3.8, 4) is 0 Å². The Kier molecular flexibility index (Phi) is 5.14. The van der Waals surface area contributed by atoms with Gasteiger partial charge in [-0.15, -0.1) is 0 Å². The molecule has 1 saturated heterocycles. The van der Waals surface area contributed by atoms with Gasteiger partial charge in [-0.25, -0.2) is 0 Å². The van der Waals surface area contributed by atoms with Crippen molar-refractivity contribution in [1.29, 1.82) is 0 Å². The first-order chi connectivity index (χ1) is 9.44. The van der Waals surface area contributed by atoms with E-state index in [1.54, 1.807) is 12.1 Å². The number of halogens is 2. The van der Waals surface area contributed by atoms with Crippen molar-refractivity contribution in [1.82, 2.24) is 4.31 Å². The third kappa shape index (κ3) is 3.56. The standard InChI is InChI=1S/C12H17Cl2N3O2S/c13-9-4-5-11(14)12(7-9)16-20(18,19)17-6-2-1-3-10(17)8-15/h4-5,7,10,16H,1-3,6,8,15H2. The summed E-state index contributed by atoms with van der Waals surface area (Å²) in [5.41, 5.74) is 5.93. The molecule has 0 spiro atoms. The van der Waals surface area contributed by atoms with Crippen LogP contribution in [0.15, 0.2) is 18.2 Å². The smallest absolute Gasteiger partial charge is 0.301 e. The maximum Gasteiger partial charge on any atom is 0.301 e. The number of benzene rings is 1. The van der Waals surface area contributed by atoms with Crippen LogP contribution in [0.3, 0.4) is 0 Å². The first-order valence-corrected chi connectivity index (χ1v) is 8.58. The molecule has 1 fully saturated rings. The molecule has 3 N–H and O–H groups in total. The van der Waals surface area contributed by atoms with E-state index in [2.05, 4.69) is 4.72 Å². The summed E-state index contributed by atoms with van der Waals surface area (Å²) in [6.07, 6.45) is 2.60. The molecule has 1 heterocycles. The summed E-state index contributed by atoms with van der Waals surface area (Å²) in [6, 6.07) is 4.48. The molecule has 0 amide bonds. The van der Waals surface area contributed by atoms with E-state index >= 15 is 0 Å². The van der Waals surface area contributed by atoms with Crippen molar-refractivity contribution in [3.05, 3.63) is 28.2 Å². The van der Waals surface area contributed by atoms with Crippen LogP contribution in [0.25, 0.3) is 0 Å². The molecular weight excluding hydrogens is 321 g/mol. The highest BCUT2D eigenvalue weighted by atomic mass is 35.5. The topological polar surface area (TPSA) is 75.4 Å². The molecular formula is C12H17Cl2N3O2S. The zero-order valence-electron chi connectivity index (χ0n) is 10.9. The Morgan fingerprint density at radius 2 is 2.10 bits per heavy atom. The Bertz CT molecular complexity index is 580. The molecule has 1 aliphatic heterocycles. The zero-order valence-corrected chi connectivity index (χ0v) is 13.2. The minimum absolute atomic E-state index is 0.167. The van der Waals surface area contributed by atoms with E-state index < -0.39 is 10.2 Å². The Hall–Kier alpha value is -0.530. The summed E-state index contributed by atoms with van der Waals surface area (Å²) in [7, 11) is -3.68. The maximum atomic E-state index is 12.4. The molecule has 5 nitrogen and oxygen atoms in total. The van der Waals surface area contributed by atoms with Crippen molar-refractivity contribution in [2.24, 2.45) is 5.73 Å². The van der Waals surface area contributed by atoms with E-state index in [4.69, 9.17) is 28.9 Å². The number of piperidine rings is 1. The molecule has 1 aromatic rings. The van der Waals surface area contributed by atoms with Crippen molar-refractivity contribution in [3.63, 3.8) is 0 Å². The van der Waals surface area contributed by atoms with E-state index in [9.17, 15) is 8.42 Å². The minimum Gasteiger partial charge on any atom is -0.329 e. The molecule has 0 saturated carbocycles. The summed E-state index contributed by atoms with van der Waals surface area (Å²) in [5, 5.41) is 0.723. The van der Waals surface area contributed by atoms with Gasteiger partial charge in [0.2, 0.25) is 0 Å². The number of nitrogens with zero attached hydrogens (tertiary/aromatic N) is 1. The molecule has 1 aliphatic rings. The van der Waals surface area contributed by atoms with Gasteiger partial charge in [0.15, 0.2) is 0 Å². The molecule has 0 aromatic heterocycles. The Labute approximate surface area is 129 Å². The van der Waals surface area contributed by atoms with Gasteiger partial charge >= 0.3 is 10.2 Å². The van der Waals surface area contributed by atoms with Crippen molar-refractivity contribution < 1.29 is 8.42 Å². The molecule has 8 heteroatoms. The van der Waals surface area contributed by atoms with Crippen LogP contribution >= 0.6 is 23.2 Å². The average Bonchev–Trinajstić information content (AvgIpc) is 2.42. The molecule has 0 bridgehead atoms. The third-order valence-electron chi connectivity index (χ3n) is 3.32. The highest BCUT2D eigenvalue weighted by Crippen LogP contribution is 2.28.